The van der Waals surface area contributed by atoms with Crippen molar-refractivity contribution in [3.8, 4) is 5.75 Å². The average Bonchev–Trinajstić information content (AvgIpc) is 2.60. The quantitative estimate of drug-likeness (QED) is 0.557. The molecule has 0 aromatic heterocycles. The molecular formula is C20H23BrN2O2. The predicted molar refractivity (Wildman–Crippen MR) is 105 cm³/mol. The fraction of sp³-hybridized carbons (Fsp3) is 0.300. The van der Waals surface area contributed by atoms with Crippen LogP contribution >= 0.6 is 15.9 Å². The maximum Gasteiger partial charge on any atom is 0.277 e. The Labute approximate surface area is 157 Å². The molecule has 0 saturated carbocycles. The largest absolute Gasteiger partial charge is 0.483 e. The van der Waals surface area contributed by atoms with Crippen molar-refractivity contribution in [1.29, 1.82) is 0 Å². The summed E-state index contributed by atoms with van der Waals surface area (Å²) in [6, 6.07) is 13.7. The van der Waals surface area contributed by atoms with E-state index in [2.05, 4.69) is 40.3 Å². The normalized spacial score (nSPS) is 11.5. The van der Waals surface area contributed by atoms with Crippen molar-refractivity contribution in [2.75, 3.05) is 6.61 Å². The lowest BCUT2D eigenvalue weighted by molar-refractivity contribution is -0.123. The minimum atomic E-state index is -0.287. The van der Waals surface area contributed by atoms with Crippen molar-refractivity contribution in [3.63, 3.8) is 0 Å². The van der Waals surface area contributed by atoms with Crippen LogP contribution in [0, 0.1) is 6.92 Å². The maximum atomic E-state index is 12.0. The average molecular weight is 403 g/mol. The minimum absolute atomic E-state index is 0.0770. The van der Waals surface area contributed by atoms with Crippen LogP contribution in [0.1, 0.15) is 43.4 Å². The highest BCUT2D eigenvalue weighted by atomic mass is 79.9. The summed E-state index contributed by atoms with van der Waals surface area (Å²) in [6.45, 7) is 7.96. The number of hydrogen-bond acceptors (Lipinski definition) is 3. The van der Waals surface area contributed by atoms with Gasteiger partial charge in [-0.3, -0.25) is 4.79 Å². The van der Waals surface area contributed by atoms with Crippen LogP contribution < -0.4 is 10.2 Å². The van der Waals surface area contributed by atoms with Gasteiger partial charge in [0.05, 0.1) is 5.71 Å². The van der Waals surface area contributed by atoms with Crippen molar-refractivity contribution in [3.05, 3.63) is 63.6 Å². The Bertz CT molecular complexity index is 771. The van der Waals surface area contributed by atoms with Crippen LogP contribution in [0.25, 0.3) is 0 Å². The van der Waals surface area contributed by atoms with Gasteiger partial charge in [0.25, 0.3) is 5.91 Å². The van der Waals surface area contributed by atoms with Gasteiger partial charge in [-0.05, 0) is 48.6 Å². The van der Waals surface area contributed by atoms with Crippen LogP contribution in [0.15, 0.2) is 52.0 Å². The number of hydrogen-bond donors (Lipinski definition) is 1. The number of carbonyl (C=O) groups excluding carboxylic acids is 1. The van der Waals surface area contributed by atoms with Gasteiger partial charge >= 0.3 is 0 Å². The second-order valence-electron chi connectivity index (χ2n) is 6.18. The molecule has 5 heteroatoms. The zero-order chi connectivity index (χ0) is 18.4. The molecule has 0 aliphatic rings. The van der Waals surface area contributed by atoms with Crippen molar-refractivity contribution in [2.45, 2.75) is 33.6 Å². The molecule has 0 atom stereocenters. The molecule has 0 radical (unpaired) electrons. The van der Waals surface area contributed by atoms with Crippen LogP contribution in [0.5, 0.6) is 5.75 Å². The fourth-order valence-corrected chi connectivity index (χ4v) is 2.67. The summed E-state index contributed by atoms with van der Waals surface area (Å²) in [5, 5.41) is 4.13. The third-order valence-electron chi connectivity index (χ3n) is 3.81. The molecule has 0 heterocycles. The number of rotatable bonds is 6. The number of amides is 1. The number of aryl methyl sites for hydroxylation is 1. The topological polar surface area (TPSA) is 50.7 Å². The molecule has 0 spiro atoms. The van der Waals surface area contributed by atoms with E-state index in [1.54, 1.807) is 0 Å². The van der Waals surface area contributed by atoms with Gasteiger partial charge in [0.2, 0.25) is 0 Å². The summed E-state index contributed by atoms with van der Waals surface area (Å²) in [5.74, 6) is 0.744. The van der Waals surface area contributed by atoms with Crippen molar-refractivity contribution in [1.82, 2.24) is 5.43 Å². The molecule has 132 valence electrons. The smallest absolute Gasteiger partial charge is 0.277 e. The third kappa shape index (κ3) is 5.43. The Hall–Kier alpha value is -2.14. The molecule has 2 rings (SSSR count). The Balaban J connectivity index is 2.00. The van der Waals surface area contributed by atoms with Crippen molar-refractivity contribution >= 4 is 27.5 Å². The molecule has 0 aliphatic heterocycles. The molecule has 2 aromatic rings. The third-order valence-corrected chi connectivity index (χ3v) is 4.67. The lowest BCUT2D eigenvalue weighted by Crippen LogP contribution is -2.26. The molecule has 0 bridgehead atoms. The maximum absolute atomic E-state index is 12.0. The summed E-state index contributed by atoms with van der Waals surface area (Å²) < 4.78 is 6.77. The van der Waals surface area contributed by atoms with Crippen LogP contribution in [-0.4, -0.2) is 18.2 Å². The van der Waals surface area contributed by atoms with E-state index in [1.807, 2.05) is 56.3 Å². The monoisotopic (exact) mass is 402 g/mol. The molecule has 4 nitrogen and oxygen atoms in total. The highest BCUT2D eigenvalue weighted by molar-refractivity contribution is 9.10. The van der Waals surface area contributed by atoms with Gasteiger partial charge in [-0.2, -0.15) is 5.10 Å². The van der Waals surface area contributed by atoms with Gasteiger partial charge in [0.15, 0.2) is 6.61 Å². The first-order chi connectivity index (χ1) is 11.9. The van der Waals surface area contributed by atoms with Crippen LogP contribution in [0.3, 0.4) is 0 Å². The summed E-state index contributed by atoms with van der Waals surface area (Å²) in [4.78, 5) is 12.0. The summed E-state index contributed by atoms with van der Waals surface area (Å²) >= 11 is 3.54. The fourth-order valence-electron chi connectivity index (χ4n) is 2.31. The second kappa shape index (κ2) is 8.81. The number of halogens is 1. The van der Waals surface area contributed by atoms with Crippen molar-refractivity contribution in [2.24, 2.45) is 5.10 Å². The second-order valence-corrected chi connectivity index (χ2v) is 7.04. The number of carbonyl (C=O) groups is 1. The highest BCUT2D eigenvalue weighted by Crippen LogP contribution is 2.32. The first-order valence-corrected chi connectivity index (χ1v) is 8.99. The molecule has 25 heavy (non-hydrogen) atoms. The van der Waals surface area contributed by atoms with E-state index in [4.69, 9.17) is 4.74 Å². The molecule has 0 unspecified atom stereocenters. The van der Waals surface area contributed by atoms with E-state index in [0.29, 0.717) is 5.92 Å². The lowest BCUT2D eigenvalue weighted by atomic mass is 10.0. The van der Waals surface area contributed by atoms with Gasteiger partial charge in [-0.15, -0.1) is 0 Å². The SMILES string of the molecule is C/C(=N\NC(=O)COc1cc(C)c(Br)cc1C(C)C)c1ccccc1. The van der Waals surface area contributed by atoms with Crippen LogP contribution in [0.2, 0.25) is 0 Å². The van der Waals surface area contributed by atoms with E-state index in [-0.39, 0.29) is 12.5 Å². The Morgan fingerprint density at radius 2 is 1.92 bits per heavy atom. The molecule has 2 aromatic carbocycles. The first-order valence-electron chi connectivity index (χ1n) is 8.20. The zero-order valence-electron chi connectivity index (χ0n) is 15.0. The first kappa shape index (κ1) is 19.2. The van der Waals surface area contributed by atoms with Crippen molar-refractivity contribution < 1.29 is 9.53 Å². The summed E-state index contributed by atoms with van der Waals surface area (Å²) in [5.41, 5.74) is 6.39. The highest BCUT2D eigenvalue weighted by Gasteiger charge is 2.12. The van der Waals surface area contributed by atoms with Crippen LogP contribution in [0.4, 0.5) is 0 Å². The molecular weight excluding hydrogens is 380 g/mol. The Morgan fingerprint density at radius 1 is 1.24 bits per heavy atom. The number of nitrogens with one attached hydrogen (secondary N) is 1. The number of ether oxygens (including phenoxy) is 1. The molecule has 0 saturated heterocycles. The Morgan fingerprint density at radius 3 is 2.56 bits per heavy atom. The minimum Gasteiger partial charge on any atom is -0.483 e. The molecule has 0 fully saturated rings. The van der Waals surface area contributed by atoms with E-state index >= 15 is 0 Å². The number of hydrazone groups is 1. The summed E-state index contributed by atoms with van der Waals surface area (Å²) in [6.07, 6.45) is 0. The van der Waals surface area contributed by atoms with Gasteiger partial charge in [-0.25, -0.2) is 5.43 Å². The predicted octanol–water partition coefficient (Wildman–Crippen LogP) is 4.80. The number of nitrogens with zero attached hydrogens (tertiary/aromatic N) is 1. The molecule has 1 N–H and O–H groups in total. The standard InChI is InChI=1S/C20H23BrN2O2/c1-13(2)17-11-18(21)14(3)10-19(17)25-12-20(24)23-22-15(4)16-8-6-5-7-9-16/h5-11,13H,12H2,1-4H3,(H,23,24)/b22-15+. The van der Waals surface area contributed by atoms with E-state index < -0.39 is 0 Å². The molecule has 1 amide bonds. The zero-order valence-corrected chi connectivity index (χ0v) is 16.6. The van der Waals surface area contributed by atoms with Gasteiger partial charge in [0, 0.05) is 4.47 Å². The van der Waals surface area contributed by atoms with Gasteiger partial charge in [0.1, 0.15) is 5.75 Å². The number of benzene rings is 2. The van der Waals surface area contributed by atoms with E-state index in [1.165, 1.54) is 0 Å². The van der Waals surface area contributed by atoms with Crippen LogP contribution in [-0.2, 0) is 4.79 Å². The molecule has 0 aliphatic carbocycles. The Kier molecular flexibility index (Phi) is 6.76. The van der Waals surface area contributed by atoms with E-state index in [9.17, 15) is 4.79 Å². The lowest BCUT2D eigenvalue weighted by Gasteiger charge is -2.15. The van der Waals surface area contributed by atoms with E-state index in [0.717, 1.165) is 32.6 Å². The van der Waals surface area contributed by atoms with Gasteiger partial charge < -0.3 is 4.74 Å². The van der Waals surface area contributed by atoms with Gasteiger partial charge in [-0.1, -0.05) is 60.1 Å². The summed E-state index contributed by atoms with van der Waals surface area (Å²) in [7, 11) is 0.